The third-order valence-corrected chi connectivity index (χ3v) is 14.2. The second kappa shape index (κ2) is 21.4. The number of benzene rings is 2. The molecule has 3 aromatic rings. The Balaban J connectivity index is 0.850. The quantitative estimate of drug-likeness (QED) is 0.0584. The van der Waals surface area contributed by atoms with E-state index in [0.717, 1.165) is 119 Å². The van der Waals surface area contributed by atoms with Crippen LogP contribution in [0.4, 0.5) is 10.2 Å². The number of aliphatic imine (C=N–C) groups is 3. The summed E-state index contributed by atoms with van der Waals surface area (Å²) in [7, 11) is 0. The fourth-order valence-corrected chi connectivity index (χ4v) is 11.0. The van der Waals surface area contributed by atoms with E-state index in [0.29, 0.717) is 66.9 Å². The summed E-state index contributed by atoms with van der Waals surface area (Å²) in [6.07, 6.45) is 11.1. The van der Waals surface area contributed by atoms with Crippen molar-refractivity contribution in [3.05, 3.63) is 70.5 Å². The van der Waals surface area contributed by atoms with Crippen LogP contribution < -0.4 is 15.5 Å². The van der Waals surface area contributed by atoms with Crippen LogP contribution in [0.5, 0.6) is 5.75 Å². The molecule has 65 heavy (non-hydrogen) atoms. The number of halogens is 1. The van der Waals surface area contributed by atoms with Crippen LogP contribution in [-0.4, -0.2) is 129 Å². The zero-order valence-electron chi connectivity index (χ0n) is 38.3. The molecule has 8 rings (SSSR count). The average molecular weight is 892 g/mol. The van der Waals surface area contributed by atoms with E-state index in [9.17, 15) is 14.7 Å². The van der Waals surface area contributed by atoms with E-state index < -0.39 is 5.83 Å². The highest BCUT2D eigenvalue weighted by Gasteiger charge is 2.36. The summed E-state index contributed by atoms with van der Waals surface area (Å²) in [5.74, 6) is 2.89. The number of piperazine rings is 1. The van der Waals surface area contributed by atoms with Crippen molar-refractivity contribution in [2.45, 2.75) is 90.1 Å². The maximum Gasteiger partial charge on any atom is 0.207 e. The van der Waals surface area contributed by atoms with Gasteiger partial charge in [0.15, 0.2) is 11.6 Å². The molecule has 4 atom stereocenters. The Bertz CT molecular complexity index is 2280. The first-order chi connectivity index (χ1) is 31.7. The molecular formula is C50H66FN9O5. The zero-order valence-corrected chi connectivity index (χ0v) is 38.3. The summed E-state index contributed by atoms with van der Waals surface area (Å²) < 4.78 is 29.0. The fourth-order valence-electron chi connectivity index (χ4n) is 11.0. The van der Waals surface area contributed by atoms with Crippen molar-refractivity contribution >= 4 is 53.6 Å². The number of aryl methyl sites for hydroxylation is 1. The molecule has 0 radical (unpaired) electrons. The van der Waals surface area contributed by atoms with Crippen LogP contribution in [0.3, 0.4) is 0 Å². The number of fused-ring (bicyclic) bond motifs is 3. The van der Waals surface area contributed by atoms with Crippen LogP contribution >= 0.6 is 0 Å². The van der Waals surface area contributed by atoms with Gasteiger partial charge in [-0.05, 0) is 104 Å². The third kappa shape index (κ3) is 10.6. The minimum absolute atomic E-state index is 0.0234. The Morgan fingerprint density at radius 1 is 1.09 bits per heavy atom. The van der Waals surface area contributed by atoms with E-state index in [-0.39, 0.29) is 41.6 Å². The summed E-state index contributed by atoms with van der Waals surface area (Å²) in [4.78, 5) is 43.5. The highest BCUT2D eigenvalue weighted by molar-refractivity contribution is 6.29. The van der Waals surface area contributed by atoms with E-state index >= 15 is 4.39 Å². The van der Waals surface area contributed by atoms with Gasteiger partial charge in [-0.1, -0.05) is 44.1 Å². The number of amides is 1. The number of rotatable bonds is 21. The molecule has 5 aliphatic heterocycles. The van der Waals surface area contributed by atoms with Crippen LogP contribution in [-0.2, 0) is 20.7 Å². The van der Waals surface area contributed by atoms with Gasteiger partial charge in [-0.25, -0.2) is 9.38 Å². The number of hydrogen-bond donors (Lipinski definition) is 3. The number of carbonyl (C=O) groups excluding carboxylic acids is 2. The van der Waals surface area contributed by atoms with Crippen molar-refractivity contribution in [1.82, 2.24) is 25.6 Å². The number of phenolic OH excluding ortho intramolecular Hbond substituents is 1. The standard InChI is InChI=1S/C50H66FN9O5/c1-5-35-8-6-9-36-21-40(63)22-41(46(35)36)48-47(51)49(42(24-54-48)50(52-4)60-27-38-11-12-39(28-60)56-38)55-31-64-19-18-58-25-34(26-58)20-33-13-16-59(17-14-33)44-23-43(65-57-44)45(32(2)3)37(29-61)10-7-15-53-30-62/h6,8-9,21-24,29-30,32-34,37-39,45,56,63H,4-5,7,10-20,25-28,31H2,1-3H3,(H,53,62)/b50-42+,55-49+. The molecular weight excluding hydrogens is 826 g/mol. The van der Waals surface area contributed by atoms with Crippen molar-refractivity contribution in [3.8, 4) is 5.75 Å². The lowest BCUT2D eigenvalue weighted by Crippen LogP contribution is -2.50. The summed E-state index contributed by atoms with van der Waals surface area (Å²) in [5.41, 5.74) is 2.30. The number of carbonyl (C=O) groups is 2. The van der Waals surface area contributed by atoms with Gasteiger partial charge in [-0.3, -0.25) is 14.8 Å². The molecule has 3 N–H and O–H groups in total. The normalized spacial score (nSPS) is 23.1. The summed E-state index contributed by atoms with van der Waals surface area (Å²) >= 11 is 0. The number of nitrogens with one attached hydrogen (secondary N) is 2. The maximum atomic E-state index is 17.1. The monoisotopic (exact) mass is 892 g/mol. The number of aromatic nitrogens is 1. The van der Waals surface area contributed by atoms with Crippen LogP contribution in [0.25, 0.3) is 16.5 Å². The summed E-state index contributed by atoms with van der Waals surface area (Å²) in [6, 6.07) is 11.9. The first-order valence-electron chi connectivity index (χ1n) is 23.8. The average Bonchev–Trinajstić information content (AvgIpc) is 3.92. The van der Waals surface area contributed by atoms with Crippen LogP contribution in [0.15, 0.2) is 73.1 Å². The lowest BCUT2D eigenvalue weighted by Gasteiger charge is -2.42. The number of anilines is 1. The molecule has 2 aromatic carbocycles. The summed E-state index contributed by atoms with van der Waals surface area (Å²) in [5, 5.41) is 23.2. The van der Waals surface area contributed by atoms with Gasteiger partial charge in [0.05, 0.1) is 12.2 Å². The SMILES string of the molecule is C=N/C(=C1/C=NC(c2cc(O)cc3cccc(CC)c23)=C(F)/C1=N/COCCN1CC(CC2CCN(c3cc(C(C(C)C)C(C=O)CCCNC=O)on3)CC2)C1)N1CC2CCC(C1)N2. The molecule has 1 amide bonds. The van der Waals surface area contributed by atoms with Crippen LogP contribution in [0.1, 0.15) is 88.5 Å². The lowest BCUT2D eigenvalue weighted by molar-refractivity contribution is -0.112. The molecule has 4 saturated heterocycles. The van der Waals surface area contributed by atoms with E-state index in [4.69, 9.17) is 19.2 Å². The van der Waals surface area contributed by atoms with Gasteiger partial charge in [0.25, 0.3) is 0 Å². The number of ether oxygens (including phenoxy) is 1. The molecule has 0 aliphatic carbocycles. The highest BCUT2D eigenvalue weighted by atomic mass is 19.1. The number of hydrogen-bond acceptors (Lipinski definition) is 13. The van der Waals surface area contributed by atoms with E-state index in [1.165, 1.54) is 6.42 Å². The van der Waals surface area contributed by atoms with E-state index in [1.54, 1.807) is 18.3 Å². The Hall–Kier alpha value is -5.25. The van der Waals surface area contributed by atoms with Crippen molar-refractivity contribution < 1.29 is 28.3 Å². The lowest BCUT2D eigenvalue weighted by atomic mass is 9.80. The molecule has 0 saturated carbocycles. The minimum atomic E-state index is -0.578. The van der Waals surface area contributed by atoms with Gasteiger partial charge in [0.2, 0.25) is 6.41 Å². The van der Waals surface area contributed by atoms with Gasteiger partial charge < -0.3 is 44.5 Å². The van der Waals surface area contributed by atoms with Crippen molar-refractivity contribution in [3.63, 3.8) is 0 Å². The first-order valence-corrected chi connectivity index (χ1v) is 23.8. The molecule has 2 bridgehead atoms. The highest BCUT2D eigenvalue weighted by Crippen LogP contribution is 2.40. The van der Waals surface area contributed by atoms with Gasteiger partial charge >= 0.3 is 0 Å². The number of aldehydes is 1. The predicted octanol–water partition coefficient (Wildman–Crippen LogP) is 6.90. The Morgan fingerprint density at radius 3 is 2.58 bits per heavy atom. The smallest absolute Gasteiger partial charge is 0.207 e. The largest absolute Gasteiger partial charge is 0.508 e. The van der Waals surface area contributed by atoms with Crippen molar-refractivity contribution in [2.24, 2.45) is 38.6 Å². The maximum absolute atomic E-state index is 17.1. The van der Waals surface area contributed by atoms with E-state index in [2.05, 4.69) is 63.0 Å². The molecule has 4 fully saturated rings. The van der Waals surface area contributed by atoms with Crippen LogP contribution in [0, 0.1) is 23.7 Å². The van der Waals surface area contributed by atoms with Gasteiger partial charge in [-0.15, -0.1) is 0 Å². The van der Waals surface area contributed by atoms with Gasteiger partial charge in [-0.2, -0.15) is 0 Å². The number of piperidine rings is 1. The minimum Gasteiger partial charge on any atom is -0.508 e. The molecule has 4 unspecified atom stereocenters. The summed E-state index contributed by atoms with van der Waals surface area (Å²) in [6.45, 7) is 17.4. The molecule has 1 aromatic heterocycles. The Labute approximate surface area is 382 Å². The molecule has 6 heterocycles. The zero-order chi connectivity index (χ0) is 45.5. The fraction of sp³-hybridized carbons (Fsp3) is 0.560. The second-order valence-corrected chi connectivity index (χ2v) is 18.9. The molecule has 5 aliphatic rings. The van der Waals surface area contributed by atoms with E-state index in [1.807, 2.05) is 24.3 Å². The van der Waals surface area contributed by atoms with Crippen LogP contribution in [0.2, 0.25) is 0 Å². The molecule has 14 nitrogen and oxygen atoms in total. The second-order valence-electron chi connectivity index (χ2n) is 18.9. The van der Waals surface area contributed by atoms with Crippen molar-refractivity contribution in [2.75, 3.05) is 70.6 Å². The van der Waals surface area contributed by atoms with Crippen molar-refractivity contribution in [1.29, 1.82) is 0 Å². The first kappa shape index (κ1) is 46.3. The third-order valence-electron chi connectivity index (χ3n) is 14.2. The molecule has 348 valence electrons. The molecule has 0 spiro atoms. The topological polar surface area (TPSA) is 160 Å². The molecule has 15 heteroatoms. The predicted molar refractivity (Wildman–Crippen MR) is 254 cm³/mol. The number of likely N-dealkylation sites (tertiary alicyclic amines) is 2. The number of allylic oxidation sites excluding steroid dienone is 2. The number of aromatic hydroxyl groups is 1. The van der Waals surface area contributed by atoms with Gasteiger partial charge in [0, 0.05) is 94.1 Å². The number of phenols is 1. The Kier molecular flexibility index (Phi) is 15.2. The Morgan fingerprint density at radius 2 is 1.88 bits per heavy atom. The van der Waals surface area contributed by atoms with Gasteiger partial charge in [0.1, 0.15) is 41.8 Å². The number of nitrogens with zero attached hydrogens (tertiary/aromatic N) is 7.